The normalized spacial score (nSPS) is 13.3. The summed E-state index contributed by atoms with van der Waals surface area (Å²) in [4.78, 5) is 4.49. The van der Waals surface area contributed by atoms with Crippen molar-refractivity contribution in [3.8, 4) is 0 Å². The highest BCUT2D eigenvalue weighted by molar-refractivity contribution is 7.20. The molecule has 1 aromatic heterocycles. The topological polar surface area (TPSA) is 16.8 Å². The van der Waals surface area contributed by atoms with E-state index in [1.807, 2.05) is 6.20 Å². The summed E-state index contributed by atoms with van der Waals surface area (Å²) in [5.41, 5.74) is -27.7. The van der Waals surface area contributed by atoms with Crippen molar-refractivity contribution in [2.24, 2.45) is 0 Å². The highest BCUT2D eigenvalue weighted by Crippen LogP contribution is 2.41. The predicted octanol–water partition coefficient (Wildman–Crippen LogP) is 15.5. The first-order valence-electron chi connectivity index (χ1n) is 22.9. The van der Waals surface area contributed by atoms with E-state index >= 15 is 0 Å². The molecule has 78 heavy (non-hydrogen) atoms. The molecule has 0 aliphatic heterocycles. The molecule has 0 aliphatic rings. The van der Waals surface area contributed by atoms with Gasteiger partial charge in [-0.15, -0.1) is 0 Å². The Morgan fingerprint density at radius 3 is 0.936 bits per heavy atom. The molecule has 1 heterocycles. The van der Waals surface area contributed by atoms with E-state index in [0.717, 1.165) is 13.0 Å². The van der Waals surface area contributed by atoms with Crippen molar-refractivity contribution in [1.82, 2.24) is 4.98 Å². The number of unbranched alkanes of at least 4 members (excludes halogenated alkanes) is 5. The van der Waals surface area contributed by atoms with Gasteiger partial charge >= 0.3 is 49.4 Å². The first kappa shape index (κ1) is 62.4. The summed E-state index contributed by atoms with van der Waals surface area (Å²) in [5, 5.41) is 0. The lowest BCUT2D eigenvalue weighted by Gasteiger charge is -2.46. The zero-order valence-corrected chi connectivity index (χ0v) is 39.7. The maximum atomic E-state index is 14.2. The van der Waals surface area contributed by atoms with Crippen LogP contribution in [0.2, 0.25) is 0 Å². The zero-order valence-electron chi connectivity index (χ0n) is 39.7. The summed E-state index contributed by atoms with van der Waals surface area (Å²) in [6.45, 7) is 3.19. The highest BCUT2D eigenvalue weighted by atomic mass is 19.4. The number of aromatic nitrogens is 2. The van der Waals surface area contributed by atoms with Crippen LogP contribution in [0, 0.1) is 0 Å². The van der Waals surface area contributed by atoms with Gasteiger partial charge < -0.3 is 0 Å². The Bertz CT molecular complexity index is 2540. The van der Waals surface area contributed by atoms with Gasteiger partial charge in [-0.25, -0.2) is 4.98 Å². The highest BCUT2D eigenvalue weighted by Gasteiger charge is 2.47. The van der Waals surface area contributed by atoms with Gasteiger partial charge in [-0.1, -0.05) is 118 Å². The summed E-state index contributed by atoms with van der Waals surface area (Å²) in [6, 6.07) is 1.77. The molecule has 0 spiro atoms. The average Bonchev–Trinajstić information content (AvgIpc) is 3.36. The van der Waals surface area contributed by atoms with Crippen molar-refractivity contribution >= 4 is 28.0 Å². The van der Waals surface area contributed by atoms with Crippen LogP contribution in [0.15, 0.2) is 122 Å². The van der Waals surface area contributed by atoms with E-state index in [4.69, 9.17) is 0 Å². The quantitative estimate of drug-likeness (QED) is 0.0487. The molecule has 0 bridgehead atoms. The van der Waals surface area contributed by atoms with Gasteiger partial charge in [0.1, 0.15) is 11.8 Å². The molecule has 0 saturated carbocycles. The number of alkyl halides is 24. The average molecular weight is 1150 g/mol. The molecule has 0 atom stereocenters. The van der Waals surface area contributed by atoms with Crippen LogP contribution in [0.4, 0.5) is 105 Å². The Labute approximate surface area is 427 Å². The summed E-state index contributed by atoms with van der Waals surface area (Å²) in [6.07, 6.45) is -39.5. The van der Waals surface area contributed by atoms with Gasteiger partial charge in [0.05, 0.1) is 50.7 Å². The first-order valence-corrected chi connectivity index (χ1v) is 22.9. The van der Waals surface area contributed by atoms with Gasteiger partial charge in [0.25, 0.3) is 0 Å². The molecular weight excluding hydrogens is 1110 g/mol. The minimum Gasteiger partial charge on any atom is -0.249 e. The van der Waals surface area contributed by atoms with Gasteiger partial charge in [0.15, 0.2) is 18.9 Å². The summed E-state index contributed by atoms with van der Waals surface area (Å²) < 4.78 is 343. The molecule has 5 aromatic carbocycles. The van der Waals surface area contributed by atoms with Crippen LogP contribution < -0.4 is 26.4 Å². The molecule has 2 nitrogen and oxygen atoms in total. The van der Waals surface area contributed by atoms with Crippen molar-refractivity contribution in [1.29, 1.82) is 0 Å². The van der Waals surface area contributed by atoms with E-state index in [-0.39, 0.29) is 0 Å². The van der Waals surface area contributed by atoms with E-state index in [9.17, 15) is 105 Å². The van der Waals surface area contributed by atoms with Crippen LogP contribution in [0.3, 0.4) is 0 Å². The van der Waals surface area contributed by atoms with Crippen LogP contribution in [-0.4, -0.2) is 11.1 Å². The number of rotatable bonds is 13. The SMILES string of the molecule is CCCCCCCCc1c[n+](Cc2ccccc2)ccn1.FC(F)(F)c1cc([B-](c2cc(C(F)(F)F)cc(C(F)(F)F)c2)(c2cc(C(F)(F)F)cc(C(F)(F)F)c2)c2cc(C(F)(F)F)cc(C(F)(F)F)c2)cc(C(F)(F)F)c1. The summed E-state index contributed by atoms with van der Waals surface area (Å²) in [7, 11) is 0. The largest absolute Gasteiger partial charge is 0.416 e. The van der Waals surface area contributed by atoms with Crippen molar-refractivity contribution in [3.63, 3.8) is 0 Å². The van der Waals surface area contributed by atoms with Crippen molar-refractivity contribution in [3.05, 3.63) is 177 Å². The molecule has 0 unspecified atom stereocenters. The number of hydrogen-bond donors (Lipinski definition) is 0. The third-order valence-electron chi connectivity index (χ3n) is 12.2. The molecule has 0 fully saturated rings. The molecule has 0 amide bonds. The summed E-state index contributed by atoms with van der Waals surface area (Å²) in [5.74, 6) is 0. The van der Waals surface area contributed by atoms with Crippen LogP contribution in [0.5, 0.6) is 0 Å². The Hall–Kier alpha value is -6.44. The van der Waals surface area contributed by atoms with Crippen molar-refractivity contribution < 1.29 is 110 Å². The second-order valence-electron chi connectivity index (χ2n) is 17.9. The molecular formula is C51H39BF24N2. The minimum atomic E-state index is -6.13. The fourth-order valence-electron chi connectivity index (χ4n) is 8.66. The molecule has 27 heteroatoms. The van der Waals surface area contributed by atoms with Crippen LogP contribution in [0.25, 0.3) is 0 Å². The molecule has 0 saturated heterocycles. The summed E-state index contributed by atoms with van der Waals surface area (Å²) >= 11 is 0. The van der Waals surface area contributed by atoms with E-state index in [0.29, 0.717) is 0 Å². The van der Waals surface area contributed by atoms with Gasteiger partial charge in [-0.3, -0.25) is 0 Å². The molecule has 6 aromatic rings. The van der Waals surface area contributed by atoms with E-state index in [1.54, 1.807) is 0 Å². The lowest BCUT2D eigenvalue weighted by atomic mass is 9.12. The molecule has 424 valence electrons. The third-order valence-corrected chi connectivity index (χ3v) is 12.2. The van der Waals surface area contributed by atoms with Crippen LogP contribution in [-0.2, 0) is 62.4 Å². The lowest BCUT2D eigenvalue weighted by molar-refractivity contribution is -0.689. The van der Waals surface area contributed by atoms with Gasteiger partial charge in [0, 0.05) is 5.56 Å². The molecule has 0 radical (unpaired) electrons. The fourth-order valence-corrected chi connectivity index (χ4v) is 8.66. The van der Waals surface area contributed by atoms with E-state index < -0.39 is 195 Å². The van der Waals surface area contributed by atoms with Gasteiger partial charge in [-0.2, -0.15) is 132 Å². The number of halogens is 24. The maximum Gasteiger partial charge on any atom is 0.416 e. The Kier molecular flexibility index (Phi) is 18.5. The number of benzene rings is 5. The lowest BCUT2D eigenvalue weighted by Crippen LogP contribution is -2.75. The van der Waals surface area contributed by atoms with Crippen molar-refractivity contribution in [2.45, 2.75) is 108 Å². The van der Waals surface area contributed by atoms with Gasteiger partial charge in [0.2, 0.25) is 0 Å². The predicted molar refractivity (Wildman–Crippen MR) is 237 cm³/mol. The van der Waals surface area contributed by atoms with Crippen molar-refractivity contribution in [2.75, 3.05) is 0 Å². The smallest absolute Gasteiger partial charge is 0.249 e. The second-order valence-corrected chi connectivity index (χ2v) is 17.9. The van der Waals surface area contributed by atoms with E-state index in [1.165, 1.54) is 49.8 Å². The zero-order chi connectivity index (χ0) is 58.7. The Morgan fingerprint density at radius 1 is 0.372 bits per heavy atom. The van der Waals surface area contributed by atoms with Crippen LogP contribution >= 0.6 is 0 Å². The Morgan fingerprint density at radius 2 is 0.654 bits per heavy atom. The standard InChI is InChI=1S/C32H12BF24.C19H27N2/c34-25(35,36)13-1-14(26(37,38)39)6-21(5-13)33(22-7-15(27(40,41)42)2-16(8-22)28(43,44)45,23-9-17(29(46,47)48)3-18(10-23)30(49,50)51)24-11-19(31(52,53)54)4-20(12-24)32(55,56)57;1-2-3-4-5-6-10-13-19-17-21(15-14-20-19)16-18-11-8-7-9-12-18/h1-12H;7-9,11-12,14-15,17H,2-6,10,13,16H2,1H3/q-1;+1. The minimum absolute atomic E-state index is 0.691. The first-order chi connectivity index (χ1) is 35.6. The number of nitrogens with zero attached hydrogens (tertiary/aromatic N) is 2. The fraction of sp³-hybridized carbons (Fsp3) is 0.333. The number of hydrogen-bond acceptors (Lipinski definition) is 1. The van der Waals surface area contributed by atoms with Crippen LogP contribution in [0.1, 0.15) is 101 Å². The maximum absolute atomic E-state index is 14.2. The van der Waals surface area contributed by atoms with Gasteiger partial charge in [-0.05, 0) is 37.1 Å². The molecule has 6 rings (SSSR count). The van der Waals surface area contributed by atoms with E-state index in [2.05, 4.69) is 59.2 Å². The molecule has 0 N–H and O–H groups in total. The second kappa shape index (κ2) is 23.1. The monoisotopic (exact) mass is 1150 g/mol. The molecule has 0 aliphatic carbocycles. The number of aryl methyl sites for hydroxylation is 1. The Balaban J connectivity index is 0.000000443. The third kappa shape index (κ3) is 15.9.